The Balaban J connectivity index is 2.67. The summed E-state index contributed by atoms with van der Waals surface area (Å²) in [7, 11) is 1.16. The second-order valence-electron chi connectivity index (χ2n) is 9.05. The first-order chi connectivity index (χ1) is 19.3. The molecule has 0 heterocycles. The Hall–Kier alpha value is -4.00. The second kappa shape index (κ2) is 15.3. The lowest BCUT2D eigenvalue weighted by Crippen LogP contribution is -2.52. The van der Waals surface area contributed by atoms with Crippen molar-refractivity contribution in [3.8, 4) is 0 Å². The van der Waals surface area contributed by atoms with Crippen LogP contribution in [-0.2, 0) is 30.4 Å². The van der Waals surface area contributed by atoms with Crippen molar-refractivity contribution in [2.75, 3.05) is 20.3 Å². The van der Waals surface area contributed by atoms with E-state index in [9.17, 15) is 50.8 Å². The molecule has 236 valence electrons. The van der Waals surface area contributed by atoms with Gasteiger partial charge < -0.3 is 24.8 Å². The van der Waals surface area contributed by atoms with E-state index in [1.807, 2.05) is 5.32 Å². The number of carbonyl (C=O) groups excluding carboxylic acids is 3. The monoisotopic (exact) mass is 617 g/mol. The zero-order valence-corrected chi connectivity index (χ0v) is 22.5. The Bertz CT molecular complexity index is 1100. The molecule has 0 bridgehead atoms. The summed E-state index contributed by atoms with van der Waals surface area (Å²) in [6.45, 7) is 0.582. The normalized spacial score (nSPS) is 12.8. The van der Waals surface area contributed by atoms with E-state index in [1.54, 1.807) is 0 Å². The molecule has 0 aromatic heterocycles. The van der Waals surface area contributed by atoms with Crippen molar-refractivity contribution in [1.82, 2.24) is 16.0 Å². The summed E-state index contributed by atoms with van der Waals surface area (Å²) in [5.74, 6) is -2.72. The lowest BCUT2D eigenvalue weighted by atomic mass is 10.0. The summed E-state index contributed by atoms with van der Waals surface area (Å²) < 4.78 is 90.1. The summed E-state index contributed by atoms with van der Waals surface area (Å²) in [4.78, 5) is 46.8. The zero-order chi connectivity index (χ0) is 32.3. The van der Waals surface area contributed by atoms with Gasteiger partial charge in [-0.1, -0.05) is 0 Å². The van der Waals surface area contributed by atoms with Gasteiger partial charge in [0.05, 0.1) is 11.0 Å². The van der Waals surface area contributed by atoms with Gasteiger partial charge in [0.1, 0.15) is 18.8 Å². The molecule has 1 atom stereocenters. The van der Waals surface area contributed by atoms with Crippen LogP contribution in [0.2, 0.25) is 0 Å². The molecule has 0 aliphatic rings. The Kier molecular flexibility index (Phi) is 13.1. The maximum absolute atomic E-state index is 12.7. The second-order valence-corrected chi connectivity index (χ2v) is 9.05. The van der Waals surface area contributed by atoms with Gasteiger partial charge in [-0.3, -0.25) is 30.4 Å². The van der Waals surface area contributed by atoms with Gasteiger partial charge in [0.15, 0.2) is 11.7 Å². The predicted molar refractivity (Wildman–Crippen MR) is 131 cm³/mol. The number of benzene rings is 1. The number of guanidine groups is 1. The van der Waals surface area contributed by atoms with Crippen LogP contribution in [0.5, 0.6) is 0 Å². The number of hydrogen-bond acceptors (Lipinski definition) is 9. The number of alkyl halides is 6. The number of Topliss-reactive ketones (excluding diaryl/α,β-unsaturated/α-hetero) is 1. The van der Waals surface area contributed by atoms with Crippen molar-refractivity contribution in [3.05, 3.63) is 39.9 Å². The van der Waals surface area contributed by atoms with Crippen molar-refractivity contribution >= 4 is 29.4 Å². The minimum absolute atomic E-state index is 0.0615. The third kappa shape index (κ3) is 12.2. The standard InChI is InChI=1S/C23H29F6N5O8/c1-21(2,40-3)18(36)32-15(16(35)12-41-17(22(24,25)26)23(27,28)29)5-4-10-31-19(30)33-20(37)42-11-13-6-8-14(9-7-13)34(38)39/h6-9,15,17H,4-5,10-12H2,1-3H3,(H,32,36)(H3,30,31,33,37). The number of halogens is 6. The molecule has 1 aromatic rings. The average Bonchev–Trinajstić information content (AvgIpc) is 2.87. The van der Waals surface area contributed by atoms with E-state index in [2.05, 4.69) is 15.4 Å². The maximum Gasteiger partial charge on any atom is 0.423 e. The van der Waals surface area contributed by atoms with Gasteiger partial charge in [0.25, 0.3) is 11.6 Å². The minimum Gasteiger partial charge on any atom is -0.444 e. The minimum atomic E-state index is -5.84. The number of amides is 2. The number of ether oxygens (including phenoxy) is 3. The molecule has 0 spiro atoms. The van der Waals surface area contributed by atoms with E-state index in [0.29, 0.717) is 5.56 Å². The number of nitrogens with one attached hydrogen (secondary N) is 4. The Morgan fingerprint density at radius 3 is 2.12 bits per heavy atom. The number of methoxy groups -OCH3 is 1. The highest BCUT2D eigenvalue weighted by Crippen LogP contribution is 2.35. The fourth-order valence-electron chi connectivity index (χ4n) is 2.94. The van der Waals surface area contributed by atoms with Crippen LogP contribution in [0.15, 0.2) is 24.3 Å². The third-order valence-corrected chi connectivity index (χ3v) is 5.45. The number of rotatable bonds is 14. The molecule has 1 rings (SSSR count). The molecule has 42 heavy (non-hydrogen) atoms. The van der Waals surface area contributed by atoms with E-state index in [0.717, 1.165) is 7.11 Å². The van der Waals surface area contributed by atoms with Gasteiger partial charge >= 0.3 is 18.4 Å². The molecule has 13 nitrogen and oxygen atoms in total. The molecule has 2 amide bonds. The predicted octanol–water partition coefficient (Wildman–Crippen LogP) is 3.11. The third-order valence-electron chi connectivity index (χ3n) is 5.45. The zero-order valence-electron chi connectivity index (χ0n) is 22.5. The Morgan fingerprint density at radius 2 is 1.62 bits per heavy atom. The summed E-state index contributed by atoms with van der Waals surface area (Å²) >= 11 is 0. The fourth-order valence-corrected chi connectivity index (χ4v) is 2.94. The summed E-state index contributed by atoms with van der Waals surface area (Å²) in [6.07, 6.45) is -17.3. The molecular weight excluding hydrogens is 588 g/mol. The highest BCUT2D eigenvalue weighted by atomic mass is 19.4. The molecule has 19 heteroatoms. The lowest BCUT2D eigenvalue weighted by Gasteiger charge is -2.27. The van der Waals surface area contributed by atoms with Gasteiger partial charge in [-0.05, 0) is 44.4 Å². The quantitative estimate of drug-likeness (QED) is 0.0609. The van der Waals surface area contributed by atoms with Crippen molar-refractivity contribution in [2.24, 2.45) is 0 Å². The van der Waals surface area contributed by atoms with Crippen molar-refractivity contribution < 1.29 is 59.9 Å². The number of ketones is 1. The molecule has 0 saturated carbocycles. The van der Waals surface area contributed by atoms with Crippen LogP contribution >= 0.6 is 0 Å². The van der Waals surface area contributed by atoms with Gasteiger partial charge in [0.2, 0.25) is 6.10 Å². The molecular formula is C23H29F6N5O8. The molecule has 1 aromatic carbocycles. The van der Waals surface area contributed by atoms with E-state index >= 15 is 0 Å². The fraction of sp³-hybridized carbons (Fsp3) is 0.565. The van der Waals surface area contributed by atoms with Gasteiger partial charge in [-0.25, -0.2) is 4.79 Å². The number of carbonyl (C=O) groups is 3. The first-order valence-corrected chi connectivity index (χ1v) is 11.9. The summed E-state index contributed by atoms with van der Waals surface area (Å²) in [5, 5.41) is 25.0. The molecule has 0 saturated heterocycles. The van der Waals surface area contributed by atoms with E-state index < -0.39 is 65.4 Å². The van der Waals surface area contributed by atoms with Crippen molar-refractivity contribution in [2.45, 2.75) is 63.4 Å². The summed E-state index contributed by atoms with van der Waals surface area (Å²) in [6, 6.07) is 3.54. The number of hydrogen-bond donors (Lipinski definition) is 4. The molecule has 1 unspecified atom stereocenters. The highest BCUT2D eigenvalue weighted by Gasteiger charge is 2.58. The molecule has 0 aliphatic carbocycles. The average molecular weight is 618 g/mol. The van der Waals surface area contributed by atoms with Gasteiger partial charge in [-0.15, -0.1) is 0 Å². The van der Waals surface area contributed by atoms with Crippen molar-refractivity contribution in [3.63, 3.8) is 0 Å². The van der Waals surface area contributed by atoms with Crippen LogP contribution in [0.25, 0.3) is 0 Å². The SMILES string of the molecule is COC(C)(C)C(=O)NC(CCCNC(=N)NC(=O)OCc1ccc([N+](=O)[O-])cc1)C(=O)COC(C(F)(F)F)C(F)(F)F. The van der Waals surface area contributed by atoms with Crippen LogP contribution in [0, 0.1) is 15.5 Å². The van der Waals surface area contributed by atoms with E-state index in [-0.39, 0.29) is 31.7 Å². The van der Waals surface area contributed by atoms with Crippen LogP contribution in [0.1, 0.15) is 32.3 Å². The van der Waals surface area contributed by atoms with Crippen LogP contribution < -0.4 is 16.0 Å². The van der Waals surface area contributed by atoms with Crippen molar-refractivity contribution in [1.29, 1.82) is 5.41 Å². The molecule has 4 N–H and O–H groups in total. The Morgan fingerprint density at radius 1 is 1.05 bits per heavy atom. The first kappa shape index (κ1) is 36.0. The number of alkyl carbamates (subject to hydrolysis) is 1. The first-order valence-electron chi connectivity index (χ1n) is 11.9. The number of nitrogens with zero attached hydrogens (tertiary/aromatic N) is 1. The largest absolute Gasteiger partial charge is 0.444 e. The highest BCUT2D eigenvalue weighted by molar-refractivity contribution is 5.93. The molecule has 0 fully saturated rings. The van der Waals surface area contributed by atoms with E-state index in [4.69, 9.17) is 14.9 Å². The molecule has 0 radical (unpaired) electrons. The number of nitro benzene ring substituents is 1. The maximum atomic E-state index is 12.7. The van der Waals surface area contributed by atoms with Crippen LogP contribution in [0.4, 0.5) is 36.8 Å². The lowest BCUT2D eigenvalue weighted by molar-refractivity contribution is -0.384. The Labute approximate surface area is 234 Å². The number of nitro groups is 1. The van der Waals surface area contributed by atoms with Crippen LogP contribution in [-0.4, -0.2) is 79.0 Å². The van der Waals surface area contributed by atoms with E-state index in [1.165, 1.54) is 38.1 Å². The van der Waals surface area contributed by atoms with Gasteiger partial charge in [0, 0.05) is 25.8 Å². The number of non-ortho nitro benzene ring substituents is 1. The van der Waals surface area contributed by atoms with Crippen LogP contribution in [0.3, 0.4) is 0 Å². The van der Waals surface area contributed by atoms with Gasteiger partial charge in [-0.2, -0.15) is 26.3 Å². The smallest absolute Gasteiger partial charge is 0.423 e. The summed E-state index contributed by atoms with van der Waals surface area (Å²) in [5.41, 5.74) is -1.25. The molecule has 0 aliphatic heterocycles. The topological polar surface area (TPSA) is 182 Å².